The molecular formula is C26H32N2O6S. The molecule has 9 heteroatoms. The number of benzene rings is 1. The second kappa shape index (κ2) is 11.4. The third-order valence-electron chi connectivity index (χ3n) is 5.24. The SMILES string of the molecule is C/C=C(/OC(C)CC)c1ccc(-c2cc(O[C@@H](C)CO)cc(Oc3ccc(S(C)(=O)=O)cc3)n2)[nH]1. The van der Waals surface area contributed by atoms with Crippen LogP contribution in [0.4, 0.5) is 0 Å². The Labute approximate surface area is 206 Å². The Morgan fingerprint density at radius 2 is 1.80 bits per heavy atom. The average Bonchev–Trinajstić information content (AvgIpc) is 3.32. The lowest BCUT2D eigenvalue weighted by Gasteiger charge is -2.15. The van der Waals surface area contributed by atoms with E-state index in [2.05, 4.69) is 16.9 Å². The van der Waals surface area contributed by atoms with Gasteiger partial charge in [-0.15, -0.1) is 0 Å². The van der Waals surface area contributed by atoms with Gasteiger partial charge in [-0.1, -0.05) is 6.92 Å². The monoisotopic (exact) mass is 500 g/mol. The van der Waals surface area contributed by atoms with E-state index >= 15 is 0 Å². The van der Waals surface area contributed by atoms with Gasteiger partial charge < -0.3 is 24.3 Å². The maximum Gasteiger partial charge on any atom is 0.223 e. The Morgan fingerprint density at radius 3 is 2.40 bits per heavy atom. The van der Waals surface area contributed by atoms with Crippen molar-refractivity contribution < 1.29 is 27.7 Å². The smallest absolute Gasteiger partial charge is 0.223 e. The number of pyridine rings is 1. The molecule has 1 aromatic carbocycles. The van der Waals surface area contributed by atoms with Crippen LogP contribution in [-0.4, -0.2) is 48.6 Å². The lowest BCUT2D eigenvalue weighted by molar-refractivity contribution is 0.129. The number of sulfone groups is 1. The first-order chi connectivity index (χ1) is 16.6. The highest BCUT2D eigenvalue weighted by Crippen LogP contribution is 2.31. The van der Waals surface area contributed by atoms with Crippen LogP contribution in [-0.2, 0) is 14.6 Å². The molecule has 3 rings (SSSR count). The van der Waals surface area contributed by atoms with Gasteiger partial charge in [0.1, 0.15) is 23.4 Å². The van der Waals surface area contributed by atoms with E-state index < -0.39 is 15.9 Å². The van der Waals surface area contributed by atoms with E-state index in [9.17, 15) is 13.5 Å². The van der Waals surface area contributed by atoms with Gasteiger partial charge in [-0.3, -0.25) is 0 Å². The van der Waals surface area contributed by atoms with Crippen LogP contribution in [0, 0.1) is 0 Å². The van der Waals surface area contributed by atoms with Crippen LogP contribution < -0.4 is 9.47 Å². The fourth-order valence-electron chi connectivity index (χ4n) is 3.16. The minimum absolute atomic E-state index is 0.0804. The van der Waals surface area contributed by atoms with Crippen molar-refractivity contribution in [2.24, 2.45) is 0 Å². The van der Waals surface area contributed by atoms with Gasteiger partial charge in [0, 0.05) is 18.4 Å². The van der Waals surface area contributed by atoms with Crippen molar-refractivity contribution in [1.29, 1.82) is 0 Å². The molecule has 0 fully saturated rings. The predicted molar refractivity (Wildman–Crippen MR) is 135 cm³/mol. The van der Waals surface area contributed by atoms with E-state index in [1.807, 2.05) is 32.1 Å². The standard InChI is InChI=1S/C26H32N2O6S/c1-6-17(3)33-25(7-2)23-13-12-22(27-23)24-14-20(32-18(4)16-29)15-26(28-24)34-19-8-10-21(11-9-19)35(5,30)31/h7-15,17-18,27,29H,6,16H2,1-5H3/b25-7+/t17?,18-/m0/s1. The first-order valence-corrected chi connectivity index (χ1v) is 13.3. The molecule has 8 nitrogen and oxygen atoms in total. The van der Waals surface area contributed by atoms with Crippen LogP contribution in [0.2, 0.25) is 0 Å². The Morgan fingerprint density at radius 1 is 1.09 bits per heavy atom. The molecule has 0 bridgehead atoms. The number of aliphatic hydroxyl groups is 1. The van der Waals surface area contributed by atoms with E-state index in [4.69, 9.17) is 14.2 Å². The number of allylic oxidation sites excluding steroid dienone is 1. The molecule has 0 saturated carbocycles. The summed E-state index contributed by atoms with van der Waals surface area (Å²) in [6.45, 7) is 7.61. The quantitative estimate of drug-likeness (QED) is 0.348. The third-order valence-corrected chi connectivity index (χ3v) is 6.37. The molecule has 0 aliphatic heterocycles. The third kappa shape index (κ3) is 7.10. The fraction of sp³-hybridized carbons (Fsp3) is 0.346. The Kier molecular flexibility index (Phi) is 8.58. The van der Waals surface area contributed by atoms with Crippen LogP contribution in [0.1, 0.15) is 39.8 Å². The average molecular weight is 501 g/mol. The molecule has 2 N–H and O–H groups in total. The summed E-state index contributed by atoms with van der Waals surface area (Å²) in [5.41, 5.74) is 2.12. The van der Waals surface area contributed by atoms with E-state index in [1.54, 1.807) is 31.2 Å². The lowest BCUT2D eigenvalue weighted by atomic mass is 10.2. The maximum absolute atomic E-state index is 11.7. The van der Waals surface area contributed by atoms with Gasteiger partial charge in [0.15, 0.2) is 9.84 Å². The number of aromatic amines is 1. The normalized spacial score (nSPS) is 13.8. The highest BCUT2D eigenvalue weighted by atomic mass is 32.2. The van der Waals surface area contributed by atoms with Gasteiger partial charge in [-0.2, -0.15) is 0 Å². The van der Waals surface area contributed by atoms with Gasteiger partial charge >= 0.3 is 0 Å². The van der Waals surface area contributed by atoms with Gasteiger partial charge in [0.05, 0.1) is 34.7 Å². The first-order valence-electron chi connectivity index (χ1n) is 11.4. The molecule has 2 aromatic heterocycles. The molecule has 1 unspecified atom stereocenters. The highest BCUT2D eigenvalue weighted by Gasteiger charge is 2.15. The van der Waals surface area contributed by atoms with Gasteiger partial charge in [-0.25, -0.2) is 13.4 Å². The number of hydrogen-bond donors (Lipinski definition) is 2. The van der Waals surface area contributed by atoms with E-state index in [1.165, 1.54) is 12.1 Å². The number of nitrogens with one attached hydrogen (secondary N) is 1. The summed E-state index contributed by atoms with van der Waals surface area (Å²) >= 11 is 0. The van der Waals surface area contributed by atoms with E-state index in [0.717, 1.165) is 29.8 Å². The summed E-state index contributed by atoms with van der Waals surface area (Å²) in [4.78, 5) is 8.14. The Balaban J connectivity index is 1.94. The number of H-pyrrole nitrogens is 1. The van der Waals surface area contributed by atoms with Crippen LogP contribution >= 0.6 is 0 Å². The minimum Gasteiger partial charge on any atom is -0.489 e. The van der Waals surface area contributed by atoms with Crippen LogP contribution in [0.15, 0.2) is 59.5 Å². The molecule has 0 amide bonds. The summed E-state index contributed by atoms with van der Waals surface area (Å²) in [6, 6.07) is 13.3. The Bertz CT molecular complexity index is 1270. The fourth-order valence-corrected chi connectivity index (χ4v) is 3.79. The predicted octanol–water partition coefficient (Wildman–Crippen LogP) is 5.21. The number of aromatic nitrogens is 2. The largest absolute Gasteiger partial charge is 0.489 e. The number of aliphatic hydroxyl groups excluding tert-OH is 1. The van der Waals surface area contributed by atoms with Crippen LogP contribution in [0.3, 0.4) is 0 Å². The van der Waals surface area contributed by atoms with Gasteiger partial charge in [-0.05, 0) is 69.7 Å². The molecule has 3 aromatic rings. The molecule has 0 saturated heterocycles. The van der Waals surface area contributed by atoms with Gasteiger partial charge in [0.25, 0.3) is 0 Å². The molecule has 0 aliphatic rings. The summed E-state index contributed by atoms with van der Waals surface area (Å²) in [5.74, 6) is 1.90. The molecular weight excluding hydrogens is 468 g/mol. The number of nitrogens with zero attached hydrogens (tertiary/aromatic N) is 1. The summed E-state index contributed by atoms with van der Waals surface area (Å²) in [5, 5.41) is 9.42. The van der Waals surface area contributed by atoms with Crippen molar-refractivity contribution in [3.8, 4) is 28.8 Å². The number of hydrogen-bond acceptors (Lipinski definition) is 7. The summed E-state index contributed by atoms with van der Waals surface area (Å²) in [6.07, 6.45) is 3.60. The molecule has 2 atom stereocenters. The number of ether oxygens (including phenoxy) is 3. The van der Waals surface area contributed by atoms with Crippen molar-refractivity contribution >= 4 is 15.6 Å². The zero-order valence-corrected chi connectivity index (χ0v) is 21.4. The second-order valence-corrected chi connectivity index (χ2v) is 10.3. The molecule has 188 valence electrons. The maximum atomic E-state index is 11.7. The molecule has 0 spiro atoms. The van der Waals surface area contributed by atoms with Crippen molar-refractivity contribution in [2.45, 2.75) is 51.2 Å². The topological polar surface area (TPSA) is 111 Å². The molecule has 35 heavy (non-hydrogen) atoms. The van der Waals surface area contributed by atoms with Gasteiger partial charge in [0.2, 0.25) is 5.88 Å². The van der Waals surface area contributed by atoms with Crippen molar-refractivity contribution in [3.63, 3.8) is 0 Å². The number of rotatable bonds is 11. The summed E-state index contributed by atoms with van der Waals surface area (Å²) < 4.78 is 41.2. The van der Waals surface area contributed by atoms with Crippen molar-refractivity contribution in [1.82, 2.24) is 9.97 Å². The van der Waals surface area contributed by atoms with Crippen LogP contribution in [0.5, 0.6) is 17.4 Å². The molecule has 2 heterocycles. The second-order valence-electron chi connectivity index (χ2n) is 8.26. The van der Waals surface area contributed by atoms with Crippen LogP contribution in [0.25, 0.3) is 17.1 Å². The lowest BCUT2D eigenvalue weighted by Crippen LogP contribution is -2.16. The first kappa shape index (κ1) is 26.3. The Hall–Kier alpha value is -3.30. The summed E-state index contributed by atoms with van der Waals surface area (Å²) in [7, 11) is -3.31. The molecule has 0 radical (unpaired) electrons. The van der Waals surface area contributed by atoms with E-state index in [0.29, 0.717) is 17.2 Å². The zero-order chi connectivity index (χ0) is 25.6. The van der Waals surface area contributed by atoms with Crippen molar-refractivity contribution in [2.75, 3.05) is 12.9 Å². The van der Waals surface area contributed by atoms with Crippen molar-refractivity contribution in [3.05, 3.63) is 60.3 Å². The highest BCUT2D eigenvalue weighted by molar-refractivity contribution is 7.90. The molecule has 0 aliphatic carbocycles. The van der Waals surface area contributed by atoms with E-state index in [-0.39, 0.29) is 23.5 Å². The minimum atomic E-state index is -3.31. The zero-order valence-electron chi connectivity index (χ0n) is 20.6.